The van der Waals surface area contributed by atoms with E-state index in [1.54, 1.807) is 24.3 Å². The third-order valence-corrected chi connectivity index (χ3v) is 11.3. The molecule has 0 bridgehead atoms. The van der Waals surface area contributed by atoms with Gasteiger partial charge in [0.15, 0.2) is 6.29 Å². The van der Waals surface area contributed by atoms with Crippen molar-refractivity contribution < 1.29 is 33.0 Å². The predicted octanol–water partition coefficient (Wildman–Crippen LogP) is 5.37. The number of hydrogen-bond acceptors (Lipinski definition) is 7. The van der Waals surface area contributed by atoms with Gasteiger partial charge in [0.05, 0.1) is 30.2 Å². The lowest BCUT2D eigenvalue weighted by molar-refractivity contribution is -0.161. The van der Waals surface area contributed by atoms with Gasteiger partial charge >= 0.3 is 5.97 Å². The third-order valence-electron chi connectivity index (χ3n) is 10.8. The van der Waals surface area contributed by atoms with Crippen LogP contribution in [0.25, 0.3) is 0 Å². The summed E-state index contributed by atoms with van der Waals surface area (Å²) in [5.74, 6) is -2.66. The van der Waals surface area contributed by atoms with Gasteiger partial charge in [0.25, 0.3) is 0 Å². The van der Waals surface area contributed by atoms with Gasteiger partial charge in [0.1, 0.15) is 17.8 Å². The number of fused-ring (bicyclic) bond motifs is 3. The Morgan fingerprint density at radius 1 is 1.02 bits per heavy atom. The first kappa shape index (κ1) is 31.8. The Labute approximate surface area is 277 Å². The van der Waals surface area contributed by atoms with Gasteiger partial charge < -0.3 is 24.8 Å². The van der Waals surface area contributed by atoms with E-state index in [1.807, 2.05) is 6.07 Å². The van der Waals surface area contributed by atoms with Crippen LogP contribution in [-0.2, 0) is 34.0 Å². The lowest BCUT2D eigenvalue weighted by atomic mass is 9.55. The SMILES string of the molecule is O=C(OCC1OCCO1)C1CCC(NC(=O)[C@@H]2NC3(CCCCC3)[C@@]3(C(=O)Nc4cc(Cl)ccc43)[C@H]2c2cccc(Cl)c2F)CC1. The van der Waals surface area contributed by atoms with Gasteiger partial charge in [-0.05, 0) is 67.9 Å². The minimum absolute atomic E-state index is 0.0662. The van der Waals surface area contributed by atoms with Crippen LogP contribution in [0.15, 0.2) is 36.4 Å². The summed E-state index contributed by atoms with van der Waals surface area (Å²) < 4.78 is 32.2. The molecule has 0 radical (unpaired) electrons. The van der Waals surface area contributed by atoms with Crippen LogP contribution in [-0.4, -0.2) is 61.5 Å². The minimum Gasteiger partial charge on any atom is -0.460 e. The number of ether oxygens (including phenoxy) is 3. The molecule has 12 heteroatoms. The van der Waals surface area contributed by atoms with Crippen LogP contribution >= 0.6 is 23.2 Å². The summed E-state index contributed by atoms with van der Waals surface area (Å²) in [7, 11) is 0. The first-order valence-corrected chi connectivity index (χ1v) is 17.0. The molecule has 2 aromatic carbocycles. The molecule has 246 valence electrons. The van der Waals surface area contributed by atoms with Crippen molar-refractivity contribution >= 4 is 46.7 Å². The summed E-state index contributed by atoms with van der Waals surface area (Å²) >= 11 is 12.7. The summed E-state index contributed by atoms with van der Waals surface area (Å²) in [6, 6.07) is 8.97. The first-order chi connectivity index (χ1) is 22.2. The normalized spacial score (nSPS) is 30.4. The molecule has 3 heterocycles. The monoisotopic (exact) mass is 673 g/mol. The molecule has 2 aromatic rings. The summed E-state index contributed by atoms with van der Waals surface area (Å²) in [4.78, 5) is 41.6. The summed E-state index contributed by atoms with van der Waals surface area (Å²) in [6.07, 6.45) is 5.81. The van der Waals surface area contributed by atoms with Crippen molar-refractivity contribution in [3.05, 3.63) is 63.4 Å². The van der Waals surface area contributed by atoms with Crippen LogP contribution in [0.3, 0.4) is 0 Å². The molecule has 2 saturated heterocycles. The fourth-order valence-corrected chi connectivity index (χ4v) is 9.11. The molecule has 2 saturated carbocycles. The molecule has 7 rings (SSSR count). The van der Waals surface area contributed by atoms with Gasteiger partial charge in [-0.1, -0.05) is 60.7 Å². The maximum Gasteiger partial charge on any atom is 0.309 e. The van der Waals surface area contributed by atoms with Crippen molar-refractivity contribution in [2.24, 2.45) is 5.92 Å². The zero-order valence-corrected chi connectivity index (χ0v) is 26.9. The highest BCUT2D eigenvalue weighted by atomic mass is 35.5. The number of hydrogen-bond donors (Lipinski definition) is 3. The van der Waals surface area contributed by atoms with Gasteiger partial charge in [-0.15, -0.1) is 0 Å². The quantitative estimate of drug-likeness (QED) is 0.353. The van der Waals surface area contributed by atoms with Gasteiger partial charge in [0, 0.05) is 28.2 Å². The van der Waals surface area contributed by atoms with E-state index < -0.39 is 35.0 Å². The number of benzene rings is 2. The van der Waals surface area contributed by atoms with E-state index in [-0.39, 0.29) is 46.9 Å². The van der Waals surface area contributed by atoms with E-state index in [0.717, 1.165) is 19.3 Å². The number of esters is 1. The first-order valence-electron chi connectivity index (χ1n) is 16.3. The molecule has 46 heavy (non-hydrogen) atoms. The lowest BCUT2D eigenvalue weighted by Gasteiger charge is -2.47. The van der Waals surface area contributed by atoms with Crippen molar-refractivity contribution in [2.45, 2.75) is 93.0 Å². The number of anilines is 1. The van der Waals surface area contributed by atoms with Crippen LogP contribution in [0.4, 0.5) is 10.1 Å². The summed E-state index contributed by atoms with van der Waals surface area (Å²) in [5.41, 5.74) is -0.571. The molecular formula is C34H38Cl2FN3O6. The lowest BCUT2D eigenvalue weighted by Crippen LogP contribution is -2.60. The largest absolute Gasteiger partial charge is 0.460 e. The Kier molecular flexibility index (Phi) is 8.78. The molecule has 3 atom stereocenters. The van der Waals surface area contributed by atoms with E-state index in [4.69, 9.17) is 37.4 Å². The molecule has 9 nitrogen and oxygen atoms in total. The smallest absolute Gasteiger partial charge is 0.309 e. The molecule has 2 aliphatic carbocycles. The van der Waals surface area contributed by atoms with Gasteiger partial charge in [-0.25, -0.2) is 4.39 Å². The van der Waals surface area contributed by atoms with Crippen molar-refractivity contribution in [1.82, 2.24) is 10.6 Å². The topological polar surface area (TPSA) is 115 Å². The highest BCUT2D eigenvalue weighted by Gasteiger charge is 2.72. The van der Waals surface area contributed by atoms with Crippen molar-refractivity contribution in [3.8, 4) is 0 Å². The molecule has 3 N–H and O–H groups in total. The second kappa shape index (κ2) is 12.7. The van der Waals surface area contributed by atoms with Gasteiger partial charge in [-0.3, -0.25) is 19.7 Å². The Morgan fingerprint density at radius 3 is 2.50 bits per heavy atom. The zero-order chi connectivity index (χ0) is 32.1. The molecule has 4 fully saturated rings. The molecule has 2 spiro atoms. The van der Waals surface area contributed by atoms with E-state index in [0.29, 0.717) is 68.0 Å². The second-order valence-electron chi connectivity index (χ2n) is 13.2. The Morgan fingerprint density at radius 2 is 1.76 bits per heavy atom. The second-order valence-corrected chi connectivity index (χ2v) is 14.0. The third kappa shape index (κ3) is 5.30. The van der Waals surface area contributed by atoms with E-state index in [1.165, 1.54) is 6.07 Å². The fourth-order valence-electron chi connectivity index (χ4n) is 8.75. The standard InChI is InChI=1S/C34H38Cl2FN3O6/c35-20-9-12-23-25(17-20)39-32(43)34(23)27(22-5-4-6-24(36)28(22)37)29(40-33(34)13-2-1-3-14-33)30(41)38-21-10-7-19(8-11-21)31(42)46-18-26-44-15-16-45-26/h4-6,9,12,17,19,21,26-27,29,40H,1-3,7-8,10-11,13-16,18H2,(H,38,41)(H,39,43)/t19?,21?,27-,29+,34+/m0/s1. The highest BCUT2D eigenvalue weighted by molar-refractivity contribution is 6.31. The van der Waals surface area contributed by atoms with Crippen LogP contribution in [0, 0.1) is 11.7 Å². The van der Waals surface area contributed by atoms with Gasteiger partial charge in [0.2, 0.25) is 11.8 Å². The van der Waals surface area contributed by atoms with Crippen LogP contribution < -0.4 is 16.0 Å². The van der Waals surface area contributed by atoms with Crippen LogP contribution in [0.2, 0.25) is 10.0 Å². The Balaban J connectivity index is 1.18. The number of halogens is 3. The van der Waals surface area contributed by atoms with Crippen LogP contribution in [0.5, 0.6) is 0 Å². The predicted molar refractivity (Wildman–Crippen MR) is 169 cm³/mol. The highest BCUT2D eigenvalue weighted by Crippen LogP contribution is 2.62. The van der Waals surface area contributed by atoms with E-state index >= 15 is 4.39 Å². The van der Waals surface area contributed by atoms with E-state index in [9.17, 15) is 14.4 Å². The zero-order valence-electron chi connectivity index (χ0n) is 25.4. The van der Waals surface area contributed by atoms with E-state index in [2.05, 4.69) is 16.0 Å². The molecule has 3 aliphatic heterocycles. The van der Waals surface area contributed by atoms with Gasteiger partial charge in [-0.2, -0.15) is 0 Å². The molecule has 5 aliphatic rings. The number of rotatable bonds is 6. The Bertz CT molecular complexity index is 1520. The number of amides is 2. The Hall–Kier alpha value is -2.76. The maximum absolute atomic E-state index is 16.1. The van der Waals surface area contributed by atoms with Crippen molar-refractivity contribution in [3.63, 3.8) is 0 Å². The number of carbonyl (C=O) groups excluding carboxylic acids is 3. The van der Waals surface area contributed by atoms with Crippen molar-refractivity contribution in [1.29, 1.82) is 0 Å². The maximum atomic E-state index is 16.1. The number of carbonyl (C=O) groups is 3. The fraction of sp³-hybridized carbons (Fsp3) is 0.559. The molecule has 0 aromatic heterocycles. The summed E-state index contributed by atoms with van der Waals surface area (Å²) in [5, 5.41) is 10.3. The average Bonchev–Trinajstić information content (AvgIpc) is 3.75. The molecular weight excluding hydrogens is 636 g/mol. The average molecular weight is 675 g/mol. The summed E-state index contributed by atoms with van der Waals surface area (Å²) in [6.45, 7) is 1.04. The van der Waals surface area contributed by atoms with Crippen LogP contribution in [0.1, 0.15) is 74.8 Å². The number of nitrogens with one attached hydrogen (secondary N) is 3. The molecule has 2 amide bonds. The molecule has 0 unspecified atom stereocenters. The van der Waals surface area contributed by atoms with Crippen molar-refractivity contribution in [2.75, 3.05) is 25.1 Å². The minimum atomic E-state index is -1.28.